The van der Waals surface area contributed by atoms with Gasteiger partial charge in [0.15, 0.2) is 11.5 Å². The van der Waals surface area contributed by atoms with Gasteiger partial charge in [-0.05, 0) is 26.0 Å². The molecule has 4 nitrogen and oxygen atoms in total. The van der Waals surface area contributed by atoms with Crippen molar-refractivity contribution in [2.75, 3.05) is 13.2 Å². The van der Waals surface area contributed by atoms with Crippen LogP contribution in [0.2, 0.25) is 0 Å². The average Bonchev–Trinajstić information content (AvgIpc) is 2.21. The summed E-state index contributed by atoms with van der Waals surface area (Å²) in [5, 5.41) is 0. The fourth-order valence-electron chi connectivity index (χ4n) is 1.05. The van der Waals surface area contributed by atoms with Crippen LogP contribution in [0.15, 0.2) is 24.3 Å². The summed E-state index contributed by atoms with van der Waals surface area (Å²) in [5.74, 6) is 0.908. The average molecular weight is 210 g/mol. The van der Waals surface area contributed by atoms with Gasteiger partial charge in [-0.2, -0.15) is 0 Å². The predicted molar refractivity (Wildman–Crippen MR) is 55.3 cm³/mol. The third-order valence-electron chi connectivity index (χ3n) is 1.60. The first-order chi connectivity index (χ1) is 7.27. The minimum atomic E-state index is -0.718. The van der Waals surface area contributed by atoms with Crippen molar-refractivity contribution >= 4 is 6.16 Å². The lowest BCUT2D eigenvalue weighted by molar-refractivity contribution is 0.103. The summed E-state index contributed by atoms with van der Waals surface area (Å²) in [6.07, 6.45) is -0.718. The Morgan fingerprint density at radius 1 is 1.13 bits per heavy atom. The van der Waals surface area contributed by atoms with Gasteiger partial charge in [0.25, 0.3) is 0 Å². The molecule has 15 heavy (non-hydrogen) atoms. The molecular weight excluding hydrogens is 196 g/mol. The lowest BCUT2D eigenvalue weighted by Crippen LogP contribution is -2.10. The number of hydrogen-bond donors (Lipinski definition) is 0. The van der Waals surface area contributed by atoms with E-state index in [0.717, 1.165) is 0 Å². The van der Waals surface area contributed by atoms with E-state index in [4.69, 9.17) is 9.47 Å². The van der Waals surface area contributed by atoms with Gasteiger partial charge in [-0.25, -0.2) is 4.79 Å². The molecule has 0 aliphatic rings. The molecule has 0 bridgehead atoms. The molecule has 0 saturated heterocycles. The third kappa shape index (κ3) is 3.50. The zero-order chi connectivity index (χ0) is 11.1. The van der Waals surface area contributed by atoms with Crippen LogP contribution < -0.4 is 9.47 Å². The smallest absolute Gasteiger partial charge is 0.490 e. The Labute approximate surface area is 88.8 Å². The Morgan fingerprint density at radius 2 is 1.80 bits per heavy atom. The number of carbonyl (C=O) groups is 1. The maximum Gasteiger partial charge on any atom is 0.513 e. The van der Waals surface area contributed by atoms with E-state index < -0.39 is 6.16 Å². The van der Waals surface area contributed by atoms with Crippen molar-refractivity contribution in [3.63, 3.8) is 0 Å². The molecule has 0 heterocycles. The Bertz CT molecular complexity index is 322. The van der Waals surface area contributed by atoms with Crippen molar-refractivity contribution in [1.29, 1.82) is 0 Å². The molecular formula is C11H14O4. The number of hydrogen-bond acceptors (Lipinski definition) is 4. The Hall–Kier alpha value is -1.71. The van der Waals surface area contributed by atoms with Crippen molar-refractivity contribution in [3.05, 3.63) is 24.3 Å². The molecule has 0 aliphatic heterocycles. The van der Waals surface area contributed by atoms with Crippen LogP contribution in [-0.4, -0.2) is 19.4 Å². The van der Waals surface area contributed by atoms with Gasteiger partial charge in [0.2, 0.25) is 0 Å². The molecule has 4 heteroatoms. The van der Waals surface area contributed by atoms with Crippen LogP contribution in [0.5, 0.6) is 11.5 Å². The second kappa shape index (κ2) is 5.90. The molecule has 82 valence electrons. The van der Waals surface area contributed by atoms with E-state index in [9.17, 15) is 4.79 Å². The van der Waals surface area contributed by atoms with Crippen LogP contribution in [-0.2, 0) is 4.74 Å². The highest BCUT2D eigenvalue weighted by Gasteiger charge is 2.09. The minimum absolute atomic E-state index is 0.287. The predicted octanol–water partition coefficient (Wildman–Crippen LogP) is 2.62. The summed E-state index contributed by atoms with van der Waals surface area (Å²) in [7, 11) is 0. The van der Waals surface area contributed by atoms with Crippen molar-refractivity contribution in [2.24, 2.45) is 0 Å². The molecule has 0 spiro atoms. The van der Waals surface area contributed by atoms with Crippen molar-refractivity contribution in [2.45, 2.75) is 13.8 Å². The van der Waals surface area contributed by atoms with Gasteiger partial charge < -0.3 is 14.2 Å². The lowest BCUT2D eigenvalue weighted by Gasteiger charge is -2.09. The Kier molecular flexibility index (Phi) is 4.47. The fraction of sp³-hybridized carbons (Fsp3) is 0.364. The van der Waals surface area contributed by atoms with Gasteiger partial charge in [-0.15, -0.1) is 0 Å². The summed E-state index contributed by atoms with van der Waals surface area (Å²) in [6, 6.07) is 6.96. The van der Waals surface area contributed by atoms with Crippen LogP contribution in [0.1, 0.15) is 13.8 Å². The first-order valence-electron chi connectivity index (χ1n) is 4.84. The van der Waals surface area contributed by atoms with Crippen molar-refractivity contribution in [3.8, 4) is 11.5 Å². The number of benzene rings is 1. The SMILES string of the molecule is CCOC(=O)Oc1ccccc1OCC. The largest absolute Gasteiger partial charge is 0.513 e. The second-order valence-electron chi connectivity index (χ2n) is 2.66. The highest BCUT2D eigenvalue weighted by molar-refractivity contribution is 5.65. The van der Waals surface area contributed by atoms with E-state index >= 15 is 0 Å². The molecule has 1 aromatic rings. The van der Waals surface area contributed by atoms with E-state index in [-0.39, 0.29) is 6.61 Å². The maximum atomic E-state index is 11.1. The standard InChI is InChI=1S/C11H14O4/c1-3-13-9-7-5-6-8-10(9)15-11(12)14-4-2/h5-8H,3-4H2,1-2H3. The van der Waals surface area contributed by atoms with Gasteiger partial charge in [0, 0.05) is 0 Å². The van der Waals surface area contributed by atoms with Gasteiger partial charge in [0.1, 0.15) is 0 Å². The van der Waals surface area contributed by atoms with Crippen LogP contribution in [0, 0.1) is 0 Å². The summed E-state index contributed by atoms with van der Waals surface area (Å²) >= 11 is 0. The van der Waals surface area contributed by atoms with E-state index in [1.807, 2.05) is 13.0 Å². The van der Waals surface area contributed by atoms with E-state index in [2.05, 4.69) is 4.74 Å². The molecule has 0 atom stereocenters. The fourth-order valence-corrected chi connectivity index (χ4v) is 1.05. The Balaban J connectivity index is 2.70. The molecule has 1 rings (SSSR count). The number of carbonyl (C=O) groups excluding carboxylic acids is 1. The molecule has 1 aromatic carbocycles. The summed E-state index contributed by atoms with van der Waals surface area (Å²) in [6.45, 7) is 4.38. The number of ether oxygens (including phenoxy) is 3. The van der Waals surface area contributed by atoms with Crippen LogP contribution in [0.25, 0.3) is 0 Å². The number of para-hydroxylation sites is 2. The van der Waals surface area contributed by atoms with Crippen LogP contribution in [0.3, 0.4) is 0 Å². The summed E-state index contributed by atoms with van der Waals surface area (Å²) in [4.78, 5) is 11.1. The van der Waals surface area contributed by atoms with Gasteiger partial charge in [-0.1, -0.05) is 12.1 Å². The molecule has 0 unspecified atom stereocenters. The van der Waals surface area contributed by atoms with Crippen molar-refractivity contribution in [1.82, 2.24) is 0 Å². The third-order valence-corrected chi connectivity index (χ3v) is 1.60. The van der Waals surface area contributed by atoms with Gasteiger partial charge in [0.05, 0.1) is 13.2 Å². The molecule has 0 radical (unpaired) electrons. The van der Waals surface area contributed by atoms with Crippen LogP contribution in [0.4, 0.5) is 4.79 Å². The van der Waals surface area contributed by atoms with Crippen LogP contribution >= 0.6 is 0 Å². The zero-order valence-electron chi connectivity index (χ0n) is 8.86. The maximum absolute atomic E-state index is 11.1. The molecule has 0 saturated carbocycles. The molecule has 0 aliphatic carbocycles. The highest BCUT2D eigenvalue weighted by atomic mass is 16.7. The van der Waals surface area contributed by atoms with Gasteiger partial charge in [-0.3, -0.25) is 0 Å². The monoisotopic (exact) mass is 210 g/mol. The first kappa shape index (κ1) is 11.4. The topological polar surface area (TPSA) is 44.8 Å². The lowest BCUT2D eigenvalue weighted by atomic mass is 10.3. The first-order valence-corrected chi connectivity index (χ1v) is 4.84. The highest BCUT2D eigenvalue weighted by Crippen LogP contribution is 2.26. The van der Waals surface area contributed by atoms with E-state index in [1.165, 1.54) is 0 Å². The minimum Gasteiger partial charge on any atom is -0.490 e. The van der Waals surface area contributed by atoms with Crippen molar-refractivity contribution < 1.29 is 19.0 Å². The molecule has 0 amide bonds. The van der Waals surface area contributed by atoms with E-state index in [0.29, 0.717) is 18.1 Å². The summed E-state index contributed by atoms with van der Waals surface area (Å²) in [5.41, 5.74) is 0. The zero-order valence-corrected chi connectivity index (χ0v) is 8.86. The van der Waals surface area contributed by atoms with E-state index in [1.54, 1.807) is 25.1 Å². The quantitative estimate of drug-likeness (QED) is 0.566. The Morgan fingerprint density at radius 3 is 2.40 bits per heavy atom. The van der Waals surface area contributed by atoms with Gasteiger partial charge >= 0.3 is 6.16 Å². The second-order valence-corrected chi connectivity index (χ2v) is 2.66. The molecule has 0 N–H and O–H groups in total. The normalized spacial score (nSPS) is 9.47. The molecule has 0 fully saturated rings. The molecule has 0 aromatic heterocycles. The number of rotatable bonds is 4. The summed E-state index contributed by atoms with van der Waals surface area (Å²) < 4.78 is 14.9.